The molecule has 0 bridgehead atoms. The average molecular weight is 214 g/mol. The number of aromatic nitrogens is 2. The fraction of sp³-hybridized carbons (Fsp3) is 0. The molecule has 16 heavy (non-hydrogen) atoms. The van der Waals surface area contributed by atoms with E-state index < -0.39 is 4.92 Å². The number of hydrogen-bond acceptors (Lipinski definition) is 4. The van der Waals surface area contributed by atoms with Crippen LogP contribution in [-0.2, 0) is 0 Å². The summed E-state index contributed by atoms with van der Waals surface area (Å²) in [4.78, 5) is 14.0. The summed E-state index contributed by atoms with van der Waals surface area (Å²) in [5.74, 6) is 0. The second-order valence-corrected chi connectivity index (χ2v) is 3.00. The van der Waals surface area contributed by atoms with Crippen LogP contribution < -0.4 is 0 Å². The minimum Gasteiger partial charge on any atom is -0.302 e. The highest BCUT2D eigenvalue weighted by Crippen LogP contribution is 2.22. The Hall–Kier alpha value is -2.68. The van der Waals surface area contributed by atoms with Crippen molar-refractivity contribution >= 4 is 5.69 Å². The Kier molecular flexibility index (Phi) is 2.36. The van der Waals surface area contributed by atoms with Gasteiger partial charge in [0.05, 0.1) is 4.92 Å². The summed E-state index contributed by atoms with van der Waals surface area (Å²) in [6.45, 7) is 0. The van der Waals surface area contributed by atoms with Crippen molar-refractivity contribution in [1.82, 2.24) is 9.55 Å². The number of pyridine rings is 1. The van der Waals surface area contributed by atoms with Gasteiger partial charge >= 0.3 is 5.69 Å². The maximum atomic E-state index is 10.8. The Bertz CT molecular complexity index is 583. The van der Waals surface area contributed by atoms with Crippen molar-refractivity contribution in [3.05, 3.63) is 52.6 Å². The standard InChI is InChI=1S/C10H6N4O2/c11-6-8-2-1-5-13(8)9-3-4-12-7-10(9)14(15)16/h1-5,7H. The van der Waals surface area contributed by atoms with Gasteiger partial charge in [0.25, 0.3) is 0 Å². The fourth-order valence-corrected chi connectivity index (χ4v) is 1.41. The molecule has 0 aliphatic rings. The molecule has 0 saturated carbocycles. The van der Waals surface area contributed by atoms with Crippen molar-refractivity contribution < 1.29 is 4.92 Å². The smallest absolute Gasteiger partial charge is 0.302 e. The Morgan fingerprint density at radius 1 is 1.50 bits per heavy atom. The molecule has 0 aliphatic heterocycles. The van der Waals surface area contributed by atoms with Gasteiger partial charge in [0.1, 0.15) is 23.6 Å². The normalized spacial score (nSPS) is 9.69. The Balaban J connectivity index is 2.66. The number of nitro groups is 1. The van der Waals surface area contributed by atoms with Crippen LogP contribution in [0.15, 0.2) is 36.8 Å². The zero-order valence-electron chi connectivity index (χ0n) is 8.07. The SMILES string of the molecule is N#Cc1cccn1-c1ccncc1[N+](=O)[O-]. The van der Waals surface area contributed by atoms with Crippen LogP contribution in [0.25, 0.3) is 5.69 Å². The van der Waals surface area contributed by atoms with Gasteiger partial charge in [0.2, 0.25) is 0 Å². The largest absolute Gasteiger partial charge is 0.311 e. The van der Waals surface area contributed by atoms with Crippen LogP contribution in [0.2, 0.25) is 0 Å². The van der Waals surface area contributed by atoms with Gasteiger partial charge in [-0.1, -0.05) is 0 Å². The molecule has 2 heterocycles. The molecule has 0 N–H and O–H groups in total. The first-order chi connectivity index (χ1) is 7.74. The van der Waals surface area contributed by atoms with Crippen molar-refractivity contribution in [1.29, 1.82) is 5.26 Å². The second-order valence-electron chi connectivity index (χ2n) is 3.00. The highest BCUT2D eigenvalue weighted by molar-refractivity contribution is 5.52. The van der Waals surface area contributed by atoms with E-state index in [4.69, 9.17) is 5.26 Å². The maximum Gasteiger partial charge on any atom is 0.311 e. The van der Waals surface area contributed by atoms with Crippen LogP contribution >= 0.6 is 0 Å². The molecule has 2 aromatic rings. The summed E-state index contributed by atoms with van der Waals surface area (Å²) in [5.41, 5.74) is 0.547. The summed E-state index contributed by atoms with van der Waals surface area (Å²) < 4.78 is 1.46. The van der Waals surface area contributed by atoms with Gasteiger partial charge in [-0.2, -0.15) is 5.26 Å². The molecule has 0 spiro atoms. The maximum absolute atomic E-state index is 10.8. The lowest BCUT2D eigenvalue weighted by molar-refractivity contribution is -0.384. The van der Waals surface area contributed by atoms with Gasteiger partial charge in [0.15, 0.2) is 0 Å². The summed E-state index contributed by atoms with van der Waals surface area (Å²) in [7, 11) is 0. The molecule has 0 radical (unpaired) electrons. The van der Waals surface area contributed by atoms with E-state index in [1.807, 2.05) is 6.07 Å². The topological polar surface area (TPSA) is 84.8 Å². The van der Waals surface area contributed by atoms with E-state index >= 15 is 0 Å². The van der Waals surface area contributed by atoms with Gasteiger partial charge < -0.3 is 4.57 Å². The van der Waals surface area contributed by atoms with Gasteiger partial charge in [-0.3, -0.25) is 15.1 Å². The van der Waals surface area contributed by atoms with Crippen molar-refractivity contribution in [2.45, 2.75) is 0 Å². The summed E-state index contributed by atoms with van der Waals surface area (Å²) in [5, 5.41) is 19.6. The second kappa shape index (κ2) is 3.82. The Morgan fingerprint density at radius 3 is 3.00 bits per heavy atom. The van der Waals surface area contributed by atoms with Crippen LogP contribution in [0.3, 0.4) is 0 Å². The van der Waals surface area contributed by atoms with Crippen LogP contribution in [0.1, 0.15) is 5.69 Å². The van der Waals surface area contributed by atoms with E-state index in [0.717, 1.165) is 6.20 Å². The predicted molar refractivity (Wildman–Crippen MR) is 54.9 cm³/mol. The summed E-state index contributed by atoms with van der Waals surface area (Å²) >= 11 is 0. The number of nitriles is 1. The van der Waals surface area contributed by atoms with Crippen LogP contribution in [0.4, 0.5) is 5.69 Å². The van der Waals surface area contributed by atoms with E-state index in [0.29, 0.717) is 11.4 Å². The Labute approximate surface area is 90.5 Å². The molecule has 6 heteroatoms. The van der Waals surface area contributed by atoms with Crippen LogP contribution in [0.5, 0.6) is 0 Å². The van der Waals surface area contributed by atoms with Crippen molar-refractivity contribution in [3.8, 4) is 11.8 Å². The van der Waals surface area contributed by atoms with Gasteiger partial charge in [-0.05, 0) is 18.2 Å². The lowest BCUT2D eigenvalue weighted by atomic mass is 10.3. The van der Waals surface area contributed by atoms with Gasteiger partial charge in [-0.25, -0.2) is 0 Å². The number of rotatable bonds is 2. The summed E-state index contributed by atoms with van der Waals surface area (Å²) in [6, 6.07) is 6.70. The third-order valence-electron chi connectivity index (χ3n) is 2.10. The first-order valence-corrected chi connectivity index (χ1v) is 4.40. The molecule has 2 aromatic heterocycles. The van der Waals surface area contributed by atoms with Crippen molar-refractivity contribution in [3.63, 3.8) is 0 Å². The molecule has 6 nitrogen and oxygen atoms in total. The molecule has 2 rings (SSSR count). The van der Waals surface area contributed by atoms with E-state index in [1.165, 1.54) is 16.8 Å². The molecule has 0 aromatic carbocycles. The van der Waals surface area contributed by atoms with E-state index in [-0.39, 0.29) is 5.69 Å². The van der Waals surface area contributed by atoms with Crippen molar-refractivity contribution in [2.24, 2.45) is 0 Å². The first kappa shape index (κ1) is 9.86. The van der Waals surface area contributed by atoms with Gasteiger partial charge in [0, 0.05) is 12.4 Å². The Morgan fingerprint density at radius 2 is 2.31 bits per heavy atom. The predicted octanol–water partition coefficient (Wildman–Crippen LogP) is 1.65. The molecule has 0 saturated heterocycles. The minimum atomic E-state index is -0.524. The van der Waals surface area contributed by atoms with Crippen molar-refractivity contribution in [2.75, 3.05) is 0 Å². The molecular weight excluding hydrogens is 208 g/mol. The highest BCUT2D eigenvalue weighted by Gasteiger charge is 2.16. The average Bonchev–Trinajstić information content (AvgIpc) is 2.76. The van der Waals surface area contributed by atoms with E-state index in [2.05, 4.69) is 4.98 Å². The fourth-order valence-electron chi connectivity index (χ4n) is 1.41. The van der Waals surface area contributed by atoms with E-state index in [9.17, 15) is 10.1 Å². The third-order valence-corrected chi connectivity index (χ3v) is 2.10. The summed E-state index contributed by atoms with van der Waals surface area (Å²) in [6.07, 6.45) is 4.21. The molecule has 0 fully saturated rings. The van der Waals surface area contributed by atoms with Gasteiger partial charge in [-0.15, -0.1) is 0 Å². The molecule has 0 unspecified atom stereocenters. The molecule has 0 amide bonds. The lowest BCUT2D eigenvalue weighted by Gasteiger charge is -2.04. The molecule has 0 atom stereocenters. The zero-order chi connectivity index (χ0) is 11.5. The first-order valence-electron chi connectivity index (χ1n) is 4.40. The third kappa shape index (κ3) is 1.50. The van der Waals surface area contributed by atoms with E-state index in [1.54, 1.807) is 18.3 Å². The monoisotopic (exact) mass is 214 g/mol. The zero-order valence-corrected chi connectivity index (χ0v) is 8.07. The number of hydrogen-bond donors (Lipinski definition) is 0. The number of nitrogens with zero attached hydrogens (tertiary/aromatic N) is 4. The lowest BCUT2D eigenvalue weighted by Crippen LogP contribution is -2.01. The highest BCUT2D eigenvalue weighted by atomic mass is 16.6. The quantitative estimate of drug-likeness (QED) is 0.562. The minimum absolute atomic E-state index is 0.129. The van der Waals surface area contributed by atoms with Crippen LogP contribution in [0, 0.1) is 21.4 Å². The molecule has 78 valence electrons. The van der Waals surface area contributed by atoms with Crippen LogP contribution in [-0.4, -0.2) is 14.5 Å². The molecular formula is C10H6N4O2. The molecule has 0 aliphatic carbocycles.